The lowest BCUT2D eigenvalue weighted by Crippen LogP contribution is -2.30. The van der Waals surface area contributed by atoms with Gasteiger partial charge in [0.05, 0.1) is 6.42 Å². The first kappa shape index (κ1) is 18.3. The van der Waals surface area contributed by atoms with Crippen LogP contribution in [0.5, 0.6) is 0 Å². The quantitative estimate of drug-likeness (QED) is 0.618. The second-order valence-electron chi connectivity index (χ2n) is 5.42. The number of benzene rings is 2. The van der Waals surface area contributed by atoms with Gasteiger partial charge in [-0.05, 0) is 31.2 Å². The van der Waals surface area contributed by atoms with E-state index in [0.29, 0.717) is 11.3 Å². The molecule has 2 rings (SSSR count). The van der Waals surface area contributed by atoms with Crippen molar-refractivity contribution in [3.05, 3.63) is 66.0 Å². The number of ketones is 1. The fourth-order valence-corrected chi connectivity index (χ4v) is 2.07. The number of carbonyl (C=O) groups is 3. The Morgan fingerprint density at radius 3 is 2.28 bits per heavy atom. The van der Waals surface area contributed by atoms with Crippen LogP contribution in [0.1, 0.15) is 30.1 Å². The highest BCUT2D eigenvalue weighted by atomic mass is 19.1. The van der Waals surface area contributed by atoms with E-state index in [2.05, 4.69) is 5.32 Å². The van der Waals surface area contributed by atoms with Crippen molar-refractivity contribution >= 4 is 23.3 Å². The molecule has 0 fully saturated rings. The number of hydrogen-bond donors (Lipinski definition) is 1. The van der Waals surface area contributed by atoms with Crippen molar-refractivity contribution in [1.29, 1.82) is 0 Å². The second kappa shape index (κ2) is 8.73. The molecule has 0 aliphatic rings. The third-order valence-electron chi connectivity index (χ3n) is 3.44. The molecule has 6 heteroatoms. The molecule has 1 amide bonds. The monoisotopic (exact) mass is 343 g/mol. The summed E-state index contributed by atoms with van der Waals surface area (Å²) >= 11 is 0. The normalized spacial score (nSPS) is 11.4. The van der Waals surface area contributed by atoms with Crippen molar-refractivity contribution in [3.8, 4) is 0 Å². The van der Waals surface area contributed by atoms with E-state index in [9.17, 15) is 18.8 Å². The maximum Gasteiger partial charge on any atom is 0.307 e. The molecule has 0 aliphatic carbocycles. The van der Waals surface area contributed by atoms with E-state index in [4.69, 9.17) is 4.74 Å². The van der Waals surface area contributed by atoms with E-state index in [0.717, 1.165) is 0 Å². The van der Waals surface area contributed by atoms with Gasteiger partial charge in [0.2, 0.25) is 0 Å². The summed E-state index contributed by atoms with van der Waals surface area (Å²) in [6.45, 7) is 1.43. The predicted molar refractivity (Wildman–Crippen MR) is 90.6 cm³/mol. The predicted octanol–water partition coefficient (Wildman–Crippen LogP) is 3.36. The number of amides is 1. The first-order chi connectivity index (χ1) is 12.0. The molecular formula is C19H18FNO4. The van der Waals surface area contributed by atoms with Crippen LogP contribution in [-0.2, 0) is 14.3 Å². The van der Waals surface area contributed by atoms with E-state index in [1.165, 1.54) is 31.2 Å². The number of Topliss-reactive ketones (excluding diaryl/α,β-unsaturated/α-hetero) is 1. The summed E-state index contributed by atoms with van der Waals surface area (Å²) in [5, 5.41) is 2.52. The van der Waals surface area contributed by atoms with Crippen molar-refractivity contribution < 1.29 is 23.5 Å². The number of rotatable bonds is 7. The van der Waals surface area contributed by atoms with Crippen LogP contribution in [0.4, 0.5) is 10.1 Å². The van der Waals surface area contributed by atoms with Gasteiger partial charge in [-0.15, -0.1) is 0 Å². The van der Waals surface area contributed by atoms with Crippen LogP contribution in [0, 0.1) is 5.82 Å². The molecule has 0 heterocycles. The summed E-state index contributed by atoms with van der Waals surface area (Å²) in [4.78, 5) is 35.6. The molecule has 0 unspecified atom stereocenters. The SMILES string of the molecule is C[C@@H](OC(=O)CCC(=O)c1ccccc1)C(=O)Nc1ccc(F)cc1. The van der Waals surface area contributed by atoms with Crippen molar-refractivity contribution in [2.75, 3.05) is 5.32 Å². The minimum atomic E-state index is -1.02. The van der Waals surface area contributed by atoms with E-state index >= 15 is 0 Å². The molecule has 0 saturated heterocycles. The van der Waals surface area contributed by atoms with Gasteiger partial charge in [-0.1, -0.05) is 30.3 Å². The lowest BCUT2D eigenvalue weighted by atomic mass is 10.1. The Kier molecular flexibility index (Phi) is 6.39. The number of esters is 1. The molecule has 1 N–H and O–H groups in total. The van der Waals surface area contributed by atoms with Crippen LogP contribution in [0.2, 0.25) is 0 Å². The average molecular weight is 343 g/mol. The minimum Gasteiger partial charge on any atom is -0.453 e. The third-order valence-corrected chi connectivity index (χ3v) is 3.44. The molecule has 0 aromatic heterocycles. The van der Waals surface area contributed by atoms with Crippen molar-refractivity contribution in [2.24, 2.45) is 0 Å². The average Bonchev–Trinajstić information content (AvgIpc) is 2.62. The lowest BCUT2D eigenvalue weighted by Gasteiger charge is -2.13. The molecule has 0 aliphatic heterocycles. The zero-order valence-electron chi connectivity index (χ0n) is 13.7. The van der Waals surface area contributed by atoms with E-state index < -0.39 is 23.8 Å². The Morgan fingerprint density at radius 2 is 1.64 bits per heavy atom. The van der Waals surface area contributed by atoms with Crippen LogP contribution < -0.4 is 5.32 Å². The summed E-state index contributed by atoms with van der Waals surface area (Å²) in [6, 6.07) is 13.9. The minimum absolute atomic E-state index is 0.00908. The first-order valence-electron chi connectivity index (χ1n) is 7.80. The highest BCUT2D eigenvalue weighted by Crippen LogP contribution is 2.10. The standard InChI is InChI=1S/C19H18FNO4/c1-13(19(24)21-16-9-7-15(20)8-10-16)25-18(23)12-11-17(22)14-5-3-2-4-6-14/h2-10,13H,11-12H2,1H3,(H,21,24)/t13-/m1/s1. The Labute approximate surface area is 144 Å². The fraction of sp³-hybridized carbons (Fsp3) is 0.211. The first-order valence-corrected chi connectivity index (χ1v) is 7.80. The summed E-state index contributed by atoms with van der Waals surface area (Å²) in [5.41, 5.74) is 0.922. The van der Waals surface area contributed by atoms with Gasteiger partial charge in [-0.2, -0.15) is 0 Å². The Balaban J connectivity index is 1.78. The zero-order chi connectivity index (χ0) is 18.2. The van der Waals surface area contributed by atoms with E-state index in [1.54, 1.807) is 30.3 Å². The highest BCUT2D eigenvalue weighted by molar-refractivity contribution is 5.98. The number of anilines is 1. The summed E-state index contributed by atoms with van der Waals surface area (Å²) < 4.78 is 17.8. The van der Waals surface area contributed by atoms with Gasteiger partial charge in [0, 0.05) is 17.7 Å². The molecular weight excluding hydrogens is 325 g/mol. The number of nitrogens with one attached hydrogen (secondary N) is 1. The van der Waals surface area contributed by atoms with Crippen LogP contribution in [0.25, 0.3) is 0 Å². The number of hydrogen-bond acceptors (Lipinski definition) is 4. The topological polar surface area (TPSA) is 72.5 Å². The van der Waals surface area contributed by atoms with E-state index in [1.807, 2.05) is 0 Å². The molecule has 25 heavy (non-hydrogen) atoms. The van der Waals surface area contributed by atoms with Crippen LogP contribution in [-0.4, -0.2) is 23.8 Å². The lowest BCUT2D eigenvalue weighted by molar-refractivity contribution is -0.153. The van der Waals surface area contributed by atoms with Gasteiger partial charge >= 0.3 is 5.97 Å². The largest absolute Gasteiger partial charge is 0.453 e. The van der Waals surface area contributed by atoms with Crippen LogP contribution in [0.15, 0.2) is 54.6 Å². The van der Waals surface area contributed by atoms with Crippen molar-refractivity contribution in [2.45, 2.75) is 25.9 Å². The van der Waals surface area contributed by atoms with Gasteiger partial charge in [-0.25, -0.2) is 4.39 Å². The maximum absolute atomic E-state index is 12.8. The molecule has 0 saturated carbocycles. The van der Waals surface area contributed by atoms with Crippen LogP contribution in [0.3, 0.4) is 0 Å². The molecule has 2 aromatic rings. The smallest absolute Gasteiger partial charge is 0.307 e. The second-order valence-corrected chi connectivity index (χ2v) is 5.42. The number of halogens is 1. The fourth-order valence-electron chi connectivity index (χ4n) is 2.07. The third kappa shape index (κ3) is 5.84. The molecule has 1 atom stereocenters. The van der Waals surface area contributed by atoms with Gasteiger partial charge in [0.25, 0.3) is 5.91 Å². The Bertz CT molecular complexity index is 744. The van der Waals surface area contributed by atoms with Crippen LogP contribution >= 0.6 is 0 Å². The summed E-state index contributed by atoms with van der Waals surface area (Å²) in [5.74, 6) is -1.75. The van der Waals surface area contributed by atoms with Gasteiger partial charge < -0.3 is 10.1 Å². The molecule has 2 aromatic carbocycles. The highest BCUT2D eigenvalue weighted by Gasteiger charge is 2.19. The number of carbonyl (C=O) groups excluding carboxylic acids is 3. The van der Waals surface area contributed by atoms with Gasteiger partial charge in [0.15, 0.2) is 11.9 Å². The number of ether oxygens (including phenoxy) is 1. The molecule has 0 radical (unpaired) electrons. The van der Waals surface area contributed by atoms with E-state index in [-0.39, 0.29) is 18.6 Å². The zero-order valence-corrected chi connectivity index (χ0v) is 13.7. The Morgan fingerprint density at radius 1 is 1.00 bits per heavy atom. The molecule has 5 nitrogen and oxygen atoms in total. The summed E-state index contributed by atoms with van der Waals surface area (Å²) in [6.07, 6.45) is -1.12. The molecule has 0 spiro atoms. The van der Waals surface area contributed by atoms with Gasteiger partial charge in [-0.3, -0.25) is 14.4 Å². The Hall–Kier alpha value is -3.02. The maximum atomic E-state index is 12.8. The van der Waals surface area contributed by atoms with Gasteiger partial charge in [0.1, 0.15) is 5.82 Å². The molecule has 130 valence electrons. The summed E-state index contributed by atoms with van der Waals surface area (Å²) in [7, 11) is 0. The molecule has 0 bridgehead atoms. The van der Waals surface area contributed by atoms with Crippen molar-refractivity contribution in [1.82, 2.24) is 0 Å². The van der Waals surface area contributed by atoms with Crippen molar-refractivity contribution in [3.63, 3.8) is 0 Å².